The van der Waals surface area contributed by atoms with Crippen molar-refractivity contribution in [1.29, 1.82) is 0 Å². The smallest absolute Gasteiger partial charge is 0.298 e. The molecular formula is C18H13F3N2OS. The van der Waals surface area contributed by atoms with Crippen LogP contribution >= 0.6 is 11.3 Å². The summed E-state index contributed by atoms with van der Waals surface area (Å²) in [5.74, 6) is -0.495. The number of thiazole rings is 1. The van der Waals surface area contributed by atoms with Gasteiger partial charge in [-0.2, -0.15) is 13.2 Å². The van der Waals surface area contributed by atoms with E-state index in [1.54, 1.807) is 48.5 Å². The van der Waals surface area contributed by atoms with Crippen LogP contribution in [0.15, 0.2) is 54.6 Å². The molecule has 3 aromatic rings. The minimum absolute atomic E-state index is 0.0207. The summed E-state index contributed by atoms with van der Waals surface area (Å²) in [6, 6.07) is 15.0. The predicted octanol–water partition coefficient (Wildman–Crippen LogP) is 5.39. The van der Waals surface area contributed by atoms with Crippen molar-refractivity contribution in [2.45, 2.75) is 13.1 Å². The maximum Gasteiger partial charge on any atom is 0.434 e. The minimum Gasteiger partial charge on any atom is -0.298 e. The number of nitrogens with zero attached hydrogens (tertiary/aromatic N) is 1. The van der Waals surface area contributed by atoms with Gasteiger partial charge in [-0.1, -0.05) is 59.4 Å². The Bertz CT molecular complexity index is 904. The van der Waals surface area contributed by atoms with Crippen molar-refractivity contribution in [3.05, 3.63) is 71.4 Å². The molecule has 0 atom stereocenters. The molecule has 0 saturated heterocycles. The van der Waals surface area contributed by atoms with E-state index in [0.717, 1.165) is 16.9 Å². The van der Waals surface area contributed by atoms with Crippen molar-refractivity contribution >= 4 is 22.4 Å². The number of nitrogens with one attached hydrogen (secondary N) is 1. The molecule has 1 aromatic heterocycles. The van der Waals surface area contributed by atoms with Crippen molar-refractivity contribution in [2.24, 2.45) is 0 Å². The van der Waals surface area contributed by atoms with Gasteiger partial charge in [-0.15, -0.1) is 0 Å². The van der Waals surface area contributed by atoms with E-state index >= 15 is 0 Å². The largest absolute Gasteiger partial charge is 0.434 e. The van der Waals surface area contributed by atoms with Crippen LogP contribution in [0.3, 0.4) is 0 Å². The average Bonchev–Trinajstić information content (AvgIpc) is 3.00. The van der Waals surface area contributed by atoms with Crippen LogP contribution in [0.1, 0.15) is 21.6 Å². The predicted molar refractivity (Wildman–Crippen MR) is 91.7 cm³/mol. The van der Waals surface area contributed by atoms with Gasteiger partial charge >= 0.3 is 6.18 Å². The number of benzene rings is 2. The van der Waals surface area contributed by atoms with Crippen LogP contribution in [0.4, 0.5) is 18.3 Å². The fourth-order valence-electron chi connectivity index (χ4n) is 2.31. The van der Waals surface area contributed by atoms with E-state index in [1.807, 2.05) is 13.0 Å². The molecule has 25 heavy (non-hydrogen) atoms. The number of rotatable bonds is 3. The number of alkyl halides is 3. The van der Waals surface area contributed by atoms with Gasteiger partial charge < -0.3 is 0 Å². The van der Waals surface area contributed by atoms with E-state index in [-0.39, 0.29) is 10.0 Å². The van der Waals surface area contributed by atoms with Crippen LogP contribution in [-0.2, 0) is 6.18 Å². The first kappa shape index (κ1) is 17.2. The second-order valence-electron chi connectivity index (χ2n) is 5.38. The van der Waals surface area contributed by atoms with Crippen molar-refractivity contribution in [1.82, 2.24) is 4.98 Å². The third kappa shape index (κ3) is 3.88. The molecule has 0 aliphatic heterocycles. The van der Waals surface area contributed by atoms with Gasteiger partial charge in [-0.25, -0.2) is 4.98 Å². The van der Waals surface area contributed by atoms with Crippen LogP contribution in [0, 0.1) is 6.92 Å². The van der Waals surface area contributed by atoms with Gasteiger partial charge in [0.25, 0.3) is 5.91 Å². The third-order valence-electron chi connectivity index (χ3n) is 3.43. The molecule has 0 spiro atoms. The Morgan fingerprint density at radius 3 is 2.44 bits per heavy atom. The molecule has 1 N–H and O–H groups in total. The maximum absolute atomic E-state index is 13.3. The Labute approximate surface area is 146 Å². The molecule has 7 heteroatoms. The van der Waals surface area contributed by atoms with Gasteiger partial charge in [0.1, 0.15) is 0 Å². The molecule has 1 heterocycles. The Balaban J connectivity index is 1.95. The van der Waals surface area contributed by atoms with E-state index in [9.17, 15) is 18.0 Å². The highest BCUT2D eigenvalue weighted by molar-refractivity contribution is 7.19. The minimum atomic E-state index is -4.60. The van der Waals surface area contributed by atoms with Crippen molar-refractivity contribution in [2.75, 3.05) is 5.32 Å². The molecule has 0 bridgehead atoms. The number of aromatic nitrogens is 1. The fraction of sp³-hybridized carbons (Fsp3) is 0.111. The normalized spacial score (nSPS) is 11.4. The van der Waals surface area contributed by atoms with Crippen LogP contribution in [0.2, 0.25) is 0 Å². The van der Waals surface area contributed by atoms with Crippen LogP contribution in [0.25, 0.3) is 10.4 Å². The Hall–Kier alpha value is -2.67. The lowest BCUT2D eigenvalue weighted by Gasteiger charge is -2.05. The first-order valence-corrected chi connectivity index (χ1v) is 8.18. The summed E-state index contributed by atoms with van der Waals surface area (Å²) in [6.07, 6.45) is -4.60. The summed E-state index contributed by atoms with van der Waals surface area (Å²) in [7, 11) is 0. The lowest BCUT2D eigenvalue weighted by Crippen LogP contribution is -2.12. The third-order valence-corrected chi connectivity index (χ3v) is 4.45. The molecule has 128 valence electrons. The molecule has 0 unspecified atom stereocenters. The fourth-order valence-corrected chi connectivity index (χ4v) is 3.29. The lowest BCUT2D eigenvalue weighted by molar-refractivity contribution is -0.140. The highest BCUT2D eigenvalue weighted by Gasteiger charge is 2.38. The molecule has 1 amide bonds. The molecule has 3 rings (SSSR count). The van der Waals surface area contributed by atoms with Crippen molar-refractivity contribution in [3.8, 4) is 10.4 Å². The molecular weight excluding hydrogens is 349 g/mol. The topological polar surface area (TPSA) is 42.0 Å². The lowest BCUT2D eigenvalue weighted by atomic mass is 10.1. The Morgan fingerprint density at radius 1 is 1.08 bits per heavy atom. The standard InChI is InChI=1S/C18H13F3N2OS/c1-11-6-5-9-13(10-11)16(24)23-17-22-15(18(19,20)21)14(25-17)12-7-3-2-4-8-12/h2-10H,1H3,(H,22,23,24). The Kier molecular flexibility index (Phi) is 4.59. The number of amides is 1. The summed E-state index contributed by atoms with van der Waals surface area (Å²) in [4.78, 5) is 15.8. The Morgan fingerprint density at radius 2 is 1.80 bits per heavy atom. The number of aryl methyl sites for hydroxylation is 1. The van der Waals surface area contributed by atoms with Gasteiger partial charge in [0.2, 0.25) is 0 Å². The number of hydrogen-bond donors (Lipinski definition) is 1. The molecule has 0 radical (unpaired) electrons. The number of anilines is 1. The second-order valence-corrected chi connectivity index (χ2v) is 6.38. The van der Waals surface area contributed by atoms with Crippen molar-refractivity contribution in [3.63, 3.8) is 0 Å². The van der Waals surface area contributed by atoms with E-state index in [4.69, 9.17) is 0 Å². The zero-order valence-electron chi connectivity index (χ0n) is 13.1. The molecule has 0 aliphatic rings. The van der Waals surface area contributed by atoms with Gasteiger partial charge in [0.05, 0.1) is 4.88 Å². The number of halogens is 3. The van der Waals surface area contributed by atoms with Crippen LogP contribution in [0.5, 0.6) is 0 Å². The van der Waals surface area contributed by atoms with Crippen molar-refractivity contribution < 1.29 is 18.0 Å². The summed E-state index contributed by atoms with van der Waals surface area (Å²) >= 11 is 0.804. The average molecular weight is 362 g/mol. The van der Waals surface area contributed by atoms with Crippen LogP contribution in [-0.4, -0.2) is 10.9 Å². The number of carbonyl (C=O) groups is 1. The molecule has 2 aromatic carbocycles. The number of hydrogen-bond acceptors (Lipinski definition) is 3. The number of carbonyl (C=O) groups excluding carboxylic acids is 1. The monoisotopic (exact) mass is 362 g/mol. The van der Waals surface area contributed by atoms with Crippen LogP contribution < -0.4 is 5.32 Å². The summed E-state index contributed by atoms with van der Waals surface area (Å²) in [6.45, 7) is 1.83. The quantitative estimate of drug-likeness (QED) is 0.679. The summed E-state index contributed by atoms with van der Waals surface area (Å²) < 4.78 is 39.9. The van der Waals surface area contributed by atoms with Gasteiger partial charge in [-0.3, -0.25) is 10.1 Å². The molecule has 0 fully saturated rings. The second kappa shape index (κ2) is 6.68. The molecule has 0 saturated carbocycles. The first-order valence-electron chi connectivity index (χ1n) is 7.36. The summed E-state index contributed by atoms with van der Waals surface area (Å²) in [5, 5.41) is 2.37. The molecule has 3 nitrogen and oxygen atoms in total. The highest BCUT2D eigenvalue weighted by Crippen LogP contribution is 2.41. The zero-order valence-corrected chi connectivity index (χ0v) is 13.9. The van der Waals surface area contributed by atoms with E-state index in [0.29, 0.717) is 11.1 Å². The first-order chi connectivity index (χ1) is 11.8. The zero-order chi connectivity index (χ0) is 18.0. The van der Waals surface area contributed by atoms with Gasteiger partial charge in [0, 0.05) is 5.56 Å². The highest BCUT2D eigenvalue weighted by atomic mass is 32.1. The van der Waals surface area contributed by atoms with Gasteiger partial charge in [0.15, 0.2) is 10.8 Å². The SMILES string of the molecule is Cc1cccc(C(=O)Nc2nc(C(F)(F)F)c(-c3ccccc3)s2)c1. The van der Waals surface area contributed by atoms with E-state index in [2.05, 4.69) is 10.3 Å². The summed E-state index contributed by atoms with van der Waals surface area (Å²) in [5.41, 5.74) is 0.657. The van der Waals surface area contributed by atoms with Gasteiger partial charge in [-0.05, 0) is 24.6 Å². The molecule has 0 aliphatic carbocycles. The maximum atomic E-state index is 13.3. The van der Waals surface area contributed by atoms with E-state index < -0.39 is 17.8 Å². The van der Waals surface area contributed by atoms with E-state index in [1.165, 1.54) is 0 Å².